The van der Waals surface area contributed by atoms with Gasteiger partial charge < -0.3 is 10.2 Å². The molecular weight excluding hydrogens is 789 g/mol. The maximum atomic E-state index is 14.4. The van der Waals surface area contributed by atoms with E-state index in [1.165, 1.54) is 29.5 Å². The number of rotatable bonds is 15. The summed E-state index contributed by atoms with van der Waals surface area (Å²) in [5.41, 5.74) is 4.17. The van der Waals surface area contributed by atoms with Gasteiger partial charge in [0.15, 0.2) is 0 Å². The van der Waals surface area contributed by atoms with Crippen molar-refractivity contribution in [3.63, 3.8) is 0 Å². The predicted molar refractivity (Wildman–Crippen MR) is 225 cm³/mol. The normalized spacial score (nSPS) is 14.3. The van der Waals surface area contributed by atoms with Crippen LogP contribution in [0.15, 0.2) is 137 Å². The molecule has 0 radical (unpaired) electrons. The monoisotopic (exact) mass is 832 g/mol. The van der Waals surface area contributed by atoms with E-state index in [1.807, 2.05) is 90.4 Å². The first kappa shape index (κ1) is 42.0. The van der Waals surface area contributed by atoms with Crippen molar-refractivity contribution in [2.24, 2.45) is 0 Å². The highest BCUT2D eigenvalue weighted by Gasteiger charge is 2.36. The molecule has 1 aliphatic heterocycles. The van der Waals surface area contributed by atoms with Gasteiger partial charge in [-0.25, -0.2) is 13.1 Å². The second-order valence-corrected chi connectivity index (χ2v) is 17.4. The van der Waals surface area contributed by atoms with Crippen molar-refractivity contribution >= 4 is 50.6 Å². The van der Waals surface area contributed by atoms with Crippen molar-refractivity contribution < 1.29 is 26.4 Å². The fourth-order valence-corrected chi connectivity index (χ4v) is 8.72. The molecule has 7 nitrogen and oxygen atoms in total. The number of carbonyl (C=O) groups is 1. The zero-order chi connectivity index (χ0) is 40.6. The molecule has 13 heteroatoms. The molecule has 0 saturated heterocycles. The third-order valence-electron chi connectivity index (χ3n) is 9.69. The average molecular weight is 833 g/mol. The summed E-state index contributed by atoms with van der Waals surface area (Å²) in [5.74, 6) is -0.456. The molecule has 57 heavy (non-hydrogen) atoms. The number of alkyl halides is 3. The SMILES string of the molecule is CN(C)CC[C@H](CSc1ccccc1)Nc1ccc(S(=O)(=O)NC(=O)c2ccc(C3=CCN(Cc4ccccc4-c4ccc(Cl)cc4)CC3)cc2)cc1C(F)(F)F. The lowest BCUT2D eigenvalue weighted by Gasteiger charge is -2.27. The number of nitrogens with zero attached hydrogens (tertiary/aromatic N) is 2. The molecule has 2 N–H and O–H groups in total. The molecule has 0 unspecified atom stereocenters. The largest absolute Gasteiger partial charge is 0.418 e. The summed E-state index contributed by atoms with van der Waals surface area (Å²) in [6, 6.07) is 34.6. The van der Waals surface area contributed by atoms with Crippen molar-refractivity contribution in [3.05, 3.63) is 155 Å². The van der Waals surface area contributed by atoms with Crippen LogP contribution in [-0.2, 0) is 22.7 Å². The minimum Gasteiger partial charge on any atom is -0.381 e. The molecule has 0 aliphatic carbocycles. The average Bonchev–Trinajstić information content (AvgIpc) is 3.19. The van der Waals surface area contributed by atoms with E-state index in [-0.39, 0.29) is 17.3 Å². The van der Waals surface area contributed by atoms with Gasteiger partial charge in [0, 0.05) is 52.6 Å². The molecule has 1 amide bonds. The minimum atomic E-state index is -4.86. The first-order chi connectivity index (χ1) is 27.2. The van der Waals surface area contributed by atoms with Crippen molar-refractivity contribution in [1.29, 1.82) is 0 Å². The van der Waals surface area contributed by atoms with E-state index in [0.29, 0.717) is 29.8 Å². The van der Waals surface area contributed by atoms with Crippen LogP contribution in [0.1, 0.15) is 39.9 Å². The molecule has 5 aromatic rings. The second-order valence-electron chi connectivity index (χ2n) is 14.2. The van der Waals surface area contributed by atoms with Gasteiger partial charge in [0.25, 0.3) is 15.9 Å². The van der Waals surface area contributed by atoms with Gasteiger partial charge in [-0.1, -0.05) is 84.4 Å². The summed E-state index contributed by atoms with van der Waals surface area (Å²) in [7, 11) is -0.874. The number of hydrogen-bond acceptors (Lipinski definition) is 7. The molecule has 5 aromatic carbocycles. The first-order valence-electron chi connectivity index (χ1n) is 18.5. The highest BCUT2D eigenvalue weighted by atomic mass is 35.5. The first-order valence-corrected chi connectivity index (χ1v) is 21.3. The molecule has 0 spiro atoms. The quantitative estimate of drug-likeness (QED) is 0.102. The van der Waals surface area contributed by atoms with Gasteiger partial charge >= 0.3 is 6.18 Å². The van der Waals surface area contributed by atoms with Crippen molar-refractivity contribution in [2.75, 3.05) is 44.8 Å². The fourth-order valence-electron chi connectivity index (χ4n) is 6.60. The van der Waals surface area contributed by atoms with Crippen LogP contribution in [0.25, 0.3) is 16.7 Å². The van der Waals surface area contributed by atoms with E-state index in [0.717, 1.165) is 65.3 Å². The summed E-state index contributed by atoms with van der Waals surface area (Å²) in [6.45, 7) is 2.94. The Morgan fingerprint density at radius 3 is 2.25 bits per heavy atom. The van der Waals surface area contributed by atoms with E-state index >= 15 is 0 Å². The highest BCUT2D eigenvalue weighted by Crippen LogP contribution is 2.37. The fraction of sp³-hybridized carbons (Fsp3) is 0.250. The molecule has 0 saturated carbocycles. The molecule has 0 bridgehead atoms. The summed E-state index contributed by atoms with van der Waals surface area (Å²) < 4.78 is 71.8. The van der Waals surface area contributed by atoms with Crippen LogP contribution in [0.2, 0.25) is 5.02 Å². The molecule has 1 heterocycles. The van der Waals surface area contributed by atoms with E-state index in [9.17, 15) is 26.4 Å². The molecule has 6 rings (SSSR count). The number of sulfonamides is 1. The summed E-state index contributed by atoms with van der Waals surface area (Å²) >= 11 is 7.62. The van der Waals surface area contributed by atoms with Crippen LogP contribution in [0.5, 0.6) is 0 Å². The Kier molecular flexibility index (Phi) is 13.8. The Hall–Kier alpha value is -4.59. The number of anilines is 1. The van der Waals surface area contributed by atoms with E-state index in [4.69, 9.17) is 11.6 Å². The minimum absolute atomic E-state index is 0.0631. The third-order valence-corrected chi connectivity index (χ3v) is 12.4. The van der Waals surface area contributed by atoms with Crippen molar-refractivity contribution in [3.8, 4) is 11.1 Å². The lowest BCUT2D eigenvalue weighted by atomic mass is 9.96. The Bertz CT molecular complexity index is 2290. The Morgan fingerprint density at radius 1 is 0.895 bits per heavy atom. The van der Waals surface area contributed by atoms with Gasteiger partial charge in [0.1, 0.15) is 0 Å². The lowest BCUT2D eigenvalue weighted by molar-refractivity contribution is -0.137. The maximum absolute atomic E-state index is 14.4. The Labute approximate surface area is 342 Å². The van der Waals surface area contributed by atoms with E-state index < -0.39 is 32.6 Å². The van der Waals surface area contributed by atoms with Crippen LogP contribution >= 0.6 is 23.4 Å². The smallest absolute Gasteiger partial charge is 0.381 e. The molecule has 0 fully saturated rings. The van der Waals surface area contributed by atoms with E-state index in [1.54, 1.807) is 12.1 Å². The molecule has 0 aromatic heterocycles. The van der Waals surface area contributed by atoms with Crippen LogP contribution in [0.4, 0.5) is 18.9 Å². The summed E-state index contributed by atoms with van der Waals surface area (Å²) in [5, 5.41) is 3.71. The zero-order valence-corrected chi connectivity index (χ0v) is 34.0. The van der Waals surface area contributed by atoms with E-state index in [2.05, 4.69) is 28.4 Å². The van der Waals surface area contributed by atoms with Gasteiger partial charge in [0.05, 0.1) is 10.5 Å². The standard InChI is InChI=1S/C44H44ClF3N4O3S2/c1-51(2)25-24-37(30-56-38-9-4-3-5-10-38)49-42-21-20-39(28-41(42)44(46,47)48)57(54,55)50-43(53)34-14-12-31(13-15-34)32-22-26-52(27-23-32)29-35-8-6-7-11-40(35)33-16-18-36(45)19-17-33/h3-22,28,37,49H,23-27,29-30H2,1-2H3,(H,50,53)/t37-/m1/s1. The Morgan fingerprint density at radius 2 is 1.58 bits per heavy atom. The van der Waals surface area contributed by atoms with Crippen LogP contribution in [0.3, 0.4) is 0 Å². The number of hydrogen-bond donors (Lipinski definition) is 2. The van der Waals surface area contributed by atoms with Crippen LogP contribution < -0.4 is 10.0 Å². The number of halogens is 4. The molecule has 1 atom stereocenters. The van der Waals surface area contributed by atoms with Crippen LogP contribution in [-0.4, -0.2) is 69.6 Å². The van der Waals surface area contributed by atoms with Gasteiger partial charge in [-0.2, -0.15) is 13.2 Å². The van der Waals surface area contributed by atoms with Gasteiger partial charge in [-0.05, 0) is 116 Å². The number of benzene rings is 5. The topological polar surface area (TPSA) is 81.8 Å². The Balaban J connectivity index is 1.10. The van der Waals surface area contributed by atoms with Crippen molar-refractivity contribution in [1.82, 2.24) is 14.5 Å². The molecular formula is C44H44ClF3N4O3S2. The lowest BCUT2D eigenvalue weighted by Crippen LogP contribution is -2.31. The predicted octanol–water partition coefficient (Wildman–Crippen LogP) is 9.96. The van der Waals surface area contributed by atoms with Gasteiger partial charge in [-0.3, -0.25) is 9.69 Å². The third kappa shape index (κ3) is 11.5. The number of carbonyl (C=O) groups excluding carboxylic acids is 1. The molecule has 298 valence electrons. The molecule has 1 aliphatic rings. The zero-order valence-electron chi connectivity index (χ0n) is 31.6. The van der Waals surface area contributed by atoms with Gasteiger partial charge in [0.2, 0.25) is 0 Å². The van der Waals surface area contributed by atoms with Gasteiger partial charge in [-0.15, -0.1) is 11.8 Å². The summed E-state index contributed by atoms with van der Waals surface area (Å²) in [6.07, 6.45) is -1.39. The summed E-state index contributed by atoms with van der Waals surface area (Å²) in [4.78, 5) is 17.8. The second kappa shape index (κ2) is 18.8. The van der Waals surface area contributed by atoms with Crippen LogP contribution in [0, 0.1) is 0 Å². The number of nitrogens with one attached hydrogen (secondary N) is 2. The maximum Gasteiger partial charge on any atom is 0.418 e. The number of amides is 1. The van der Waals surface area contributed by atoms with Crippen molar-refractivity contribution in [2.45, 2.75) is 41.4 Å². The number of thioether (sulfide) groups is 1. The highest BCUT2D eigenvalue weighted by molar-refractivity contribution is 7.99.